The average molecular weight is 320 g/mol. The zero-order valence-corrected chi connectivity index (χ0v) is 14.7. The molecule has 126 valence electrons. The second-order valence-electron chi connectivity index (χ2n) is 7.56. The van der Waals surface area contributed by atoms with Crippen LogP contribution in [-0.2, 0) is 14.0 Å². The molecule has 0 spiro atoms. The third-order valence-electron chi connectivity index (χ3n) is 4.18. The summed E-state index contributed by atoms with van der Waals surface area (Å²) in [6.45, 7) is 10.8. The van der Waals surface area contributed by atoms with Gasteiger partial charge in [-0.1, -0.05) is 18.2 Å². The van der Waals surface area contributed by atoms with Gasteiger partial charge in [-0.3, -0.25) is 0 Å². The zero-order chi connectivity index (χ0) is 17.5. The van der Waals surface area contributed by atoms with Crippen molar-refractivity contribution in [3.63, 3.8) is 0 Å². The first kappa shape index (κ1) is 18.0. The van der Waals surface area contributed by atoms with Crippen LogP contribution in [0.1, 0.15) is 51.9 Å². The van der Waals surface area contributed by atoms with Gasteiger partial charge in [-0.2, -0.15) is 0 Å². The summed E-state index contributed by atoms with van der Waals surface area (Å²) in [6, 6.07) is 7.06. The summed E-state index contributed by atoms with van der Waals surface area (Å²) < 4.78 is 17.4. The van der Waals surface area contributed by atoms with Crippen molar-refractivity contribution in [1.82, 2.24) is 0 Å². The molecule has 1 aliphatic heterocycles. The van der Waals surface area contributed by atoms with Crippen molar-refractivity contribution in [2.75, 3.05) is 6.61 Å². The van der Waals surface area contributed by atoms with Crippen LogP contribution in [-0.4, -0.2) is 41.6 Å². The van der Waals surface area contributed by atoms with Gasteiger partial charge < -0.3 is 19.2 Å². The molecular formula is C17H25BO5. The molecule has 0 aromatic heterocycles. The number of carbonyl (C=O) groups is 1. The Balaban J connectivity index is 2.34. The number of carbonyl (C=O) groups excluding carboxylic acids is 1. The van der Waals surface area contributed by atoms with Crippen LogP contribution in [0.5, 0.6) is 0 Å². The van der Waals surface area contributed by atoms with Crippen molar-refractivity contribution in [2.24, 2.45) is 0 Å². The van der Waals surface area contributed by atoms with Crippen molar-refractivity contribution >= 4 is 18.6 Å². The minimum atomic E-state index is -0.849. The minimum absolute atomic E-state index is 0.175. The number of hydrogen-bond acceptors (Lipinski definition) is 5. The van der Waals surface area contributed by atoms with E-state index in [0.29, 0.717) is 11.0 Å². The molecule has 1 saturated heterocycles. The Labute approximate surface area is 138 Å². The molecule has 1 N–H and O–H groups in total. The van der Waals surface area contributed by atoms with E-state index in [-0.39, 0.29) is 6.61 Å². The first-order valence-electron chi connectivity index (χ1n) is 7.78. The maximum Gasteiger partial charge on any atom is 0.495 e. The second kappa shape index (κ2) is 5.93. The summed E-state index contributed by atoms with van der Waals surface area (Å²) in [6.07, 6.45) is 0. The van der Waals surface area contributed by atoms with Crippen LogP contribution >= 0.6 is 0 Å². The lowest BCUT2D eigenvalue weighted by Gasteiger charge is -2.34. The molecule has 1 unspecified atom stereocenters. The van der Waals surface area contributed by atoms with Crippen LogP contribution in [0, 0.1) is 0 Å². The summed E-state index contributed by atoms with van der Waals surface area (Å²) >= 11 is 0. The van der Waals surface area contributed by atoms with Gasteiger partial charge in [-0.25, -0.2) is 4.79 Å². The monoisotopic (exact) mass is 320 g/mol. The Kier molecular flexibility index (Phi) is 4.63. The summed E-state index contributed by atoms with van der Waals surface area (Å²) in [5.41, 5.74) is -1.11. The Morgan fingerprint density at radius 1 is 1.22 bits per heavy atom. The van der Waals surface area contributed by atoms with Gasteiger partial charge in [0.1, 0.15) is 11.2 Å². The standard InChI is InChI=1S/C17H25BO5/c1-15(2,3)21-14(20)12-9-7-8-10-13(12)18-22-16(4,5)17(6,11-19)23-18/h7-10,19H,11H2,1-6H3. The molecule has 0 amide bonds. The lowest BCUT2D eigenvalue weighted by molar-refractivity contribution is -0.0473. The van der Waals surface area contributed by atoms with Crippen LogP contribution in [0.25, 0.3) is 0 Å². The molecule has 1 aromatic rings. The van der Waals surface area contributed by atoms with E-state index in [2.05, 4.69) is 0 Å². The molecule has 0 aliphatic carbocycles. The first-order chi connectivity index (χ1) is 10.5. The molecular weight excluding hydrogens is 295 g/mol. The summed E-state index contributed by atoms with van der Waals surface area (Å²) in [4.78, 5) is 12.4. The highest BCUT2D eigenvalue weighted by molar-refractivity contribution is 6.63. The van der Waals surface area contributed by atoms with Gasteiger partial charge in [0.05, 0.1) is 17.8 Å². The first-order valence-corrected chi connectivity index (χ1v) is 7.78. The van der Waals surface area contributed by atoms with Gasteiger partial charge in [0.2, 0.25) is 0 Å². The Bertz CT molecular complexity index is 593. The largest absolute Gasteiger partial charge is 0.495 e. The molecule has 1 fully saturated rings. The normalized spacial score (nSPS) is 23.9. The molecule has 1 aromatic carbocycles. The molecule has 1 aliphatic rings. The van der Waals surface area contributed by atoms with Crippen LogP contribution in [0.4, 0.5) is 0 Å². The van der Waals surface area contributed by atoms with E-state index in [4.69, 9.17) is 14.0 Å². The van der Waals surface area contributed by atoms with Crippen molar-refractivity contribution in [1.29, 1.82) is 0 Å². The fourth-order valence-corrected chi connectivity index (χ4v) is 2.37. The maximum atomic E-state index is 12.4. The van der Waals surface area contributed by atoms with Gasteiger partial charge in [0.15, 0.2) is 0 Å². The highest BCUT2D eigenvalue weighted by Crippen LogP contribution is 2.36. The molecule has 6 heteroatoms. The third kappa shape index (κ3) is 3.60. The number of aliphatic hydroxyl groups excluding tert-OH is 1. The fourth-order valence-electron chi connectivity index (χ4n) is 2.37. The molecule has 0 radical (unpaired) electrons. The summed E-state index contributed by atoms with van der Waals surface area (Å²) in [7, 11) is -0.731. The van der Waals surface area contributed by atoms with Crippen molar-refractivity contribution < 1.29 is 23.9 Å². The number of rotatable bonds is 3. The van der Waals surface area contributed by atoms with Crippen LogP contribution < -0.4 is 5.46 Å². The van der Waals surface area contributed by atoms with E-state index in [0.717, 1.165) is 0 Å². The second-order valence-corrected chi connectivity index (χ2v) is 7.56. The Morgan fingerprint density at radius 3 is 2.35 bits per heavy atom. The number of aliphatic hydroxyl groups is 1. The maximum absolute atomic E-state index is 12.4. The van der Waals surface area contributed by atoms with E-state index in [1.54, 1.807) is 25.1 Å². The third-order valence-corrected chi connectivity index (χ3v) is 4.18. The molecule has 0 bridgehead atoms. The Morgan fingerprint density at radius 2 is 1.83 bits per heavy atom. The SMILES string of the molecule is CC(C)(C)OC(=O)c1ccccc1B1OC(C)(C)C(C)(CO)O1. The number of benzene rings is 1. The number of ether oxygens (including phenoxy) is 1. The topological polar surface area (TPSA) is 65.0 Å². The van der Waals surface area contributed by atoms with Crippen LogP contribution in [0.15, 0.2) is 24.3 Å². The van der Waals surface area contributed by atoms with Gasteiger partial charge in [-0.15, -0.1) is 0 Å². The summed E-state index contributed by atoms with van der Waals surface area (Å²) in [5, 5.41) is 9.66. The summed E-state index contributed by atoms with van der Waals surface area (Å²) in [5.74, 6) is -0.421. The quantitative estimate of drug-likeness (QED) is 0.681. The lowest BCUT2D eigenvalue weighted by atomic mass is 9.76. The van der Waals surface area contributed by atoms with Gasteiger partial charge >= 0.3 is 13.1 Å². The van der Waals surface area contributed by atoms with Crippen LogP contribution in [0.3, 0.4) is 0 Å². The van der Waals surface area contributed by atoms with Crippen LogP contribution in [0.2, 0.25) is 0 Å². The number of hydrogen-bond donors (Lipinski definition) is 1. The predicted octanol–water partition coefficient (Wildman–Crippen LogP) is 1.91. The van der Waals surface area contributed by atoms with Crippen molar-refractivity contribution in [3.8, 4) is 0 Å². The molecule has 2 rings (SSSR count). The van der Waals surface area contributed by atoms with Crippen molar-refractivity contribution in [2.45, 2.75) is 58.3 Å². The average Bonchev–Trinajstić information content (AvgIpc) is 2.68. The molecule has 1 heterocycles. The van der Waals surface area contributed by atoms with Gasteiger partial charge in [-0.05, 0) is 53.1 Å². The van der Waals surface area contributed by atoms with Gasteiger partial charge in [0, 0.05) is 0 Å². The predicted molar refractivity (Wildman–Crippen MR) is 88.7 cm³/mol. The van der Waals surface area contributed by atoms with Crippen molar-refractivity contribution in [3.05, 3.63) is 29.8 Å². The highest BCUT2D eigenvalue weighted by Gasteiger charge is 2.55. The number of esters is 1. The van der Waals surface area contributed by atoms with E-state index in [1.807, 2.05) is 40.7 Å². The van der Waals surface area contributed by atoms with E-state index in [1.165, 1.54) is 0 Å². The van der Waals surface area contributed by atoms with Gasteiger partial charge in [0.25, 0.3) is 0 Å². The van der Waals surface area contributed by atoms with E-state index >= 15 is 0 Å². The molecule has 0 saturated carbocycles. The fraction of sp³-hybridized carbons (Fsp3) is 0.588. The highest BCUT2D eigenvalue weighted by atomic mass is 16.7. The molecule has 1 atom stereocenters. The minimum Gasteiger partial charge on any atom is -0.456 e. The molecule has 5 nitrogen and oxygen atoms in total. The van der Waals surface area contributed by atoms with E-state index < -0.39 is 29.9 Å². The zero-order valence-electron chi connectivity index (χ0n) is 14.7. The van der Waals surface area contributed by atoms with E-state index in [9.17, 15) is 9.90 Å². The Hall–Kier alpha value is -1.37. The smallest absolute Gasteiger partial charge is 0.456 e. The molecule has 23 heavy (non-hydrogen) atoms. The lowest BCUT2D eigenvalue weighted by Crippen LogP contribution is -2.47.